The summed E-state index contributed by atoms with van der Waals surface area (Å²) in [5.74, 6) is -1.50. The summed E-state index contributed by atoms with van der Waals surface area (Å²) in [6, 6.07) is 14.8. The van der Waals surface area contributed by atoms with Gasteiger partial charge >= 0.3 is 6.09 Å². The van der Waals surface area contributed by atoms with E-state index in [1.807, 2.05) is 0 Å². The van der Waals surface area contributed by atoms with Crippen LogP contribution < -0.4 is 20.3 Å². The Morgan fingerprint density at radius 2 is 1.72 bits per heavy atom. The molecule has 3 aromatic heterocycles. The van der Waals surface area contributed by atoms with Crippen molar-refractivity contribution in [1.82, 2.24) is 29.6 Å². The van der Waals surface area contributed by atoms with Crippen molar-refractivity contribution in [2.24, 2.45) is 7.05 Å². The van der Waals surface area contributed by atoms with Crippen LogP contribution in [0.1, 0.15) is 43.8 Å². The number of rotatable bonds is 11. The summed E-state index contributed by atoms with van der Waals surface area (Å²) in [6.07, 6.45) is 0.509. The molecule has 6 rings (SSSR count). The van der Waals surface area contributed by atoms with Crippen LogP contribution in [0.2, 0.25) is 5.02 Å². The number of fused-ring (bicyclic) bond motifs is 2. The number of hydrogen-bond donors (Lipinski definition) is 2. The number of carbonyl (C=O) groups is 1. The molecule has 0 spiro atoms. The van der Waals surface area contributed by atoms with E-state index in [1.54, 1.807) is 58.2 Å². The van der Waals surface area contributed by atoms with Gasteiger partial charge in [-0.1, -0.05) is 23.7 Å². The van der Waals surface area contributed by atoms with Gasteiger partial charge in [-0.25, -0.2) is 32.0 Å². The zero-order valence-electron chi connectivity index (χ0n) is 29.9. The number of aryl methyl sites for hydroxylation is 2. The van der Waals surface area contributed by atoms with Crippen molar-refractivity contribution in [2.75, 3.05) is 17.6 Å². The maximum atomic E-state index is 14.5. The van der Waals surface area contributed by atoms with E-state index in [9.17, 15) is 26.8 Å². The number of methoxy groups -OCH3 is 1. The molecule has 6 aromatic rings. The molecule has 13 nitrogen and oxygen atoms in total. The highest BCUT2D eigenvalue weighted by molar-refractivity contribution is 7.92. The first-order chi connectivity index (χ1) is 25.5. The standard InChI is InChI=1S/C37H36ClF2N7O6S/c1-37(2,3)53-36(49)42-28(19-22-17-23(39)20-24(40)18-22)34-43-32-26(7-6-15-41-32)35(48)47(34)29-13-12-27(38)30-31(29)46(4)44-33(30)45-54(50,51)16-14-21-8-10-25(52-5)11-9-21/h6-13,15,17-18,20,28H,14,16,19H2,1-5H3,(H,42,49)(H,44,45)/t28-/m0/s1. The van der Waals surface area contributed by atoms with E-state index in [1.165, 1.54) is 40.8 Å². The van der Waals surface area contributed by atoms with Gasteiger partial charge in [-0.15, -0.1) is 0 Å². The van der Waals surface area contributed by atoms with Crippen molar-refractivity contribution in [3.05, 3.63) is 117 Å². The Morgan fingerprint density at radius 3 is 2.39 bits per heavy atom. The predicted molar refractivity (Wildman–Crippen MR) is 201 cm³/mol. The zero-order chi connectivity index (χ0) is 38.9. The van der Waals surface area contributed by atoms with Crippen molar-refractivity contribution in [3.63, 3.8) is 0 Å². The maximum absolute atomic E-state index is 14.5. The molecule has 0 saturated heterocycles. The van der Waals surface area contributed by atoms with Gasteiger partial charge in [-0.3, -0.25) is 18.8 Å². The summed E-state index contributed by atoms with van der Waals surface area (Å²) >= 11 is 6.71. The van der Waals surface area contributed by atoms with Crippen molar-refractivity contribution in [1.29, 1.82) is 0 Å². The lowest BCUT2D eigenvalue weighted by molar-refractivity contribution is 0.0500. The van der Waals surface area contributed by atoms with Gasteiger partial charge in [0.2, 0.25) is 10.0 Å². The molecule has 0 radical (unpaired) electrons. The summed E-state index contributed by atoms with van der Waals surface area (Å²) in [5.41, 5.74) is -0.194. The topological polar surface area (TPSA) is 159 Å². The van der Waals surface area contributed by atoms with Crippen LogP contribution in [0.25, 0.3) is 27.6 Å². The molecular formula is C37H36ClF2N7O6S. The second kappa shape index (κ2) is 15.0. The lowest BCUT2D eigenvalue weighted by atomic mass is 10.0. The van der Waals surface area contributed by atoms with Crippen LogP contribution in [0.4, 0.5) is 19.4 Å². The second-order valence-electron chi connectivity index (χ2n) is 13.4. The first-order valence-corrected chi connectivity index (χ1v) is 18.7. The van der Waals surface area contributed by atoms with E-state index >= 15 is 0 Å². The number of alkyl carbamates (subject to hydrolysis) is 1. The van der Waals surface area contributed by atoms with Gasteiger partial charge in [-0.2, -0.15) is 5.10 Å². The smallest absolute Gasteiger partial charge is 0.408 e. The minimum Gasteiger partial charge on any atom is -0.497 e. The number of hydrogen-bond acceptors (Lipinski definition) is 9. The van der Waals surface area contributed by atoms with Gasteiger partial charge in [-0.05, 0) is 86.8 Å². The Kier molecular flexibility index (Phi) is 10.6. The highest BCUT2D eigenvalue weighted by Crippen LogP contribution is 2.35. The lowest BCUT2D eigenvalue weighted by Crippen LogP contribution is -2.39. The van der Waals surface area contributed by atoms with Crippen LogP contribution in [0, 0.1) is 11.6 Å². The predicted octanol–water partition coefficient (Wildman–Crippen LogP) is 6.40. The largest absolute Gasteiger partial charge is 0.497 e. The van der Waals surface area contributed by atoms with Crippen molar-refractivity contribution in [3.8, 4) is 11.4 Å². The van der Waals surface area contributed by atoms with Crippen LogP contribution in [0.5, 0.6) is 5.75 Å². The fraction of sp³-hybridized carbons (Fsp3) is 0.270. The molecule has 0 aliphatic carbocycles. The number of nitrogens with one attached hydrogen (secondary N) is 2. The monoisotopic (exact) mass is 779 g/mol. The molecule has 0 aliphatic rings. The van der Waals surface area contributed by atoms with Crippen molar-refractivity contribution < 1.29 is 31.5 Å². The number of anilines is 1. The molecule has 3 heterocycles. The number of halogens is 3. The Morgan fingerprint density at radius 1 is 1.02 bits per heavy atom. The summed E-state index contributed by atoms with van der Waals surface area (Å²) in [6.45, 7) is 4.99. The van der Waals surface area contributed by atoms with E-state index < -0.39 is 45.0 Å². The van der Waals surface area contributed by atoms with E-state index in [4.69, 9.17) is 26.1 Å². The highest BCUT2D eigenvalue weighted by Gasteiger charge is 2.29. The number of nitrogens with zero attached hydrogens (tertiary/aromatic N) is 5. The molecule has 3 aromatic carbocycles. The van der Waals surface area contributed by atoms with Crippen LogP contribution >= 0.6 is 11.6 Å². The zero-order valence-corrected chi connectivity index (χ0v) is 31.4. The Hall–Kier alpha value is -5.61. The molecule has 0 saturated carbocycles. The number of pyridine rings is 1. The number of amides is 1. The molecule has 1 amide bonds. The summed E-state index contributed by atoms with van der Waals surface area (Å²) in [7, 11) is -0.893. The van der Waals surface area contributed by atoms with Crippen molar-refractivity contribution >= 4 is 55.5 Å². The minimum absolute atomic E-state index is 0.0377. The molecule has 54 heavy (non-hydrogen) atoms. The van der Waals surface area contributed by atoms with E-state index in [2.05, 4.69) is 20.1 Å². The molecule has 2 N–H and O–H groups in total. The average molecular weight is 780 g/mol. The number of sulfonamides is 1. The molecule has 282 valence electrons. The number of benzene rings is 3. The van der Waals surface area contributed by atoms with Crippen LogP contribution in [-0.4, -0.2) is 57.3 Å². The van der Waals surface area contributed by atoms with E-state index in [-0.39, 0.29) is 68.4 Å². The van der Waals surface area contributed by atoms with Gasteiger partial charge < -0.3 is 14.8 Å². The third-order valence-electron chi connectivity index (χ3n) is 8.26. The molecule has 0 fully saturated rings. The van der Waals surface area contributed by atoms with Gasteiger partial charge in [0.05, 0.1) is 45.9 Å². The minimum atomic E-state index is -3.98. The van der Waals surface area contributed by atoms with Crippen LogP contribution in [0.3, 0.4) is 0 Å². The van der Waals surface area contributed by atoms with Gasteiger partial charge in [0.25, 0.3) is 5.56 Å². The first kappa shape index (κ1) is 38.1. The molecule has 0 unspecified atom stereocenters. The first-order valence-electron chi connectivity index (χ1n) is 16.6. The summed E-state index contributed by atoms with van der Waals surface area (Å²) < 4.78 is 71.4. The van der Waals surface area contributed by atoms with Crippen LogP contribution in [0.15, 0.2) is 77.7 Å². The molecule has 17 heteroatoms. The summed E-state index contributed by atoms with van der Waals surface area (Å²) in [4.78, 5) is 36.7. The van der Waals surface area contributed by atoms with Gasteiger partial charge in [0.15, 0.2) is 11.5 Å². The fourth-order valence-electron chi connectivity index (χ4n) is 5.98. The summed E-state index contributed by atoms with van der Waals surface area (Å²) in [5, 5.41) is 7.58. The SMILES string of the molecule is COc1ccc(CCS(=O)(=O)Nc2nn(C)c3c(-n4c([C@H](Cc5cc(F)cc(F)c5)NC(=O)OC(C)(C)C)nc5ncccc5c4=O)ccc(Cl)c23)cc1. The third-order valence-corrected chi connectivity index (χ3v) is 9.82. The van der Waals surface area contributed by atoms with Crippen LogP contribution in [-0.2, 0) is 34.6 Å². The normalized spacial score (nSPS) is 12.5. The molecular weight excluding hydrogens is 744 g/mol. The van der Waals surface area contributed by atoms with E-state index in [0.29, 0.717) is 11.8 Å². The fourth-order valence-corrected chi connectivity index (χ4v) is 7.26. The Balaban J connectivity index is 1.50. The number of carbonyl (C=O) groups excluding carboxylic acids is 1. The molecule has 0 aliphatic heterocycles. The van der Waals surface area contributed by atoms with Gasteiger partial charge in [0, 0.05) is 25.7 Å². The highest BCUT2D eigenvalue weighted by atomic mass is 35.5. The lowest BCUT2D eigenvalue weighted by Gasteiger charge is -2.25. The molecule has 0 bridgehead atoms. The second-order valence-corrected chi connectivity index (χ2v) is 15.7. The third kappa shape index (κ3) is 8.44. The Bertz CT molecular complexity index is 2540. The number of ether oxygens (including phenoxy) is 2. The van der Waals surface area contributed by atoms with Gasteiger partial charge in [0.1, 0.15) is 28.8 Å². The maximum Gasteiger partial charge on any atom is 0.408 e. The molecule has 1 atom stereocenters. The number of aromatic nitrogens is 5. The van der Waals surface area contributed by atoms with Crippen molar-refractivity contribution in [2.45, 2.75) is 45.3 Å². The average Bonchev–Trinajstić information content (AvgIpc) is 3.42. The quantitative estimate of drug-likeness (QED) is 0.152. The van der Waals surface area contributed by atoms with E-state index in [0.717, 1.165) is 17.7 Å². The Labute approximate surface area is 314 Å².